The Morgan fingerprint density at radius 3 is 2.76 bits per heavy atom. The Labute approximate surface area is 125 Å². The first-order chi connectivity index (χ1) is 9.82. The number of nitrogens with zero attached hydrogens (tertiary/aromatic N) is 3. The Morgan fingerprint density at radius 1 is 1.48 bits per heavy atom. The van der Waals surface area contributed by atoms with Gasteiger partial charge in [-0.3, -0.25) is 15.2 Å². The van der Waals surface area contributed by atoms with Crippen molar-refractivity contribution in [2.75, 3.05) is 7.05 Å². The van der Waals surface area contributed by atoms with E-state index < -0.39 is 20.6 Å². The fourth-order valence-corrected chi connectivity index (χ4v) is 3.05. The number of hydrogen-bond acceptors (Lipinski definition) is 5. The molecule has 2 rings (SSSR count). The lowest BCUT2D eigenvalue weighted by molar-refractivity contribution is -0.384. The highest BCUT2D eigenvalue weighted by atomic mass is 35.5. The molecule has 1 aromatic heterocycles. The fraction of sp³-hybridized carbons (Fsp3) is 0.182. The standard InChI is InChI=1S/C11H11ClN4O4S/c1-15(7-8-5-13-14-6-8)21(19,20)9-2-3-10(12)11(4-9)16(17)18/h2-6H,7H2,1H3,(H,13,14). The quantitative estimate of drug-likeness (QED) is 0.664. The minimum absolute atomic E-state index is 0.0925. The van der Waals surface area contributed by atoms with E-state index in [0.717, 1.165) is 10.4 Å². The second kappa shape index (κ2) is 5.80. The van der Waals surface area contributed by atoms with Crippen molar-refractivity contribution in [3.05, 3.63) is 51.3 Å². The van der Waals surface area contributed by atoms with Crippen molar-refractivity contribution >= 4 is 27.3 Å². The number of aromatic amines is 1. The van der Waals surface area contributed by atoms with Gasteiger partial charge in [-0.1, -0.05) is 11.6 Å². The maximum atomic E-state index is 12.4. The molecule has 0 unspecified atom stereocenters. The Bertz CT molecular complexity index is 761. The molecule has 0 fully saturated rings. The van der Waals surface area contributed by atoms with Gasteiger partial charge in [0.2, 0.25) is 10.0 Å². The summed E-state index contributed by atoms with van der Waals surface area (Å²) in [5.74, 6) is 0. The second-order valence-corrected chi connectivity index (χ2v) is 6.69. The van der Waals surface area contributed by atoms with Crippen molar-refractivity contribution in [1.29, 1.82) is 0 Å². The molecule has 0 saturated carbocycles. The van der Waals surface area contributed by atoms with Crippen molar-refractivity contribution in [3.63, 3.8) is 0 Å². The maximum absolute atomic E-state index is 12.4. The zero-order valence-corrected chi connectivity index (χ0v) is 12.4. The van der Waals surface area contributed by atoms with Crippen LogP contribution in [0.1, 0.15) is 5.56 Å². The molecule has 0 aliphatic carbocycles. The summed E-state index contributed by atoms with van der Waals surface area (Å²) in [7, 11) is -2.48. The van der Waals surface area contributed by atoms with Gasteiger partial charge >= 0.3 is 0 Å². The van der Waals surface area contributed by atoms with Gasteiger partial charge in [-0.25, -0.2) is 8.42 Å². The number of rotatable bonds is 5. The average Bonchev–Trinajstić information content (AvgIpc) is 2.91. The lowest BCUT2D eigenvalue weighted by atomic mass is 10.3. The molecule has 0 saturated heterocycles. The highest BCUT2D eigenvalue weighted by molar-refractivity contribution is 7.89. The Morgan fingerprint density at radius 2 is 2.19 bits per heavy atom. The summed E-state index contributed by atoms with van der Waals surface area (Å²) in [5.41, 5.74) is 0.221. The molecule has 1 heterocycles. The van der Waals surface area contributed by atoms with E-state index in [1.165, 1.54) is 25.4 Å². The highest BCUT2D eigenvalue weighted by Gasteiger charge is 2.24. The van der Waals surface area contributed by atoms with Crippen LogP contribution in [0.15, 0.2) is 35.5 Å². The summed E-state index contributed by atoms with van der Waals surface area (Å²) >= 11 is 5.67. The van der Waals surface area contributed by atoms with Gasteiger partial charge in [0.15, 0.2) is 0 Å². The number of nitrogens with one attached hydrogen (secondary N) is 1. The number of halogens is 1. The molecule has 0 spiro atoms. The van der Waals surface area contributed by atoms with E-state index in [2.05, 4.69) is 10.2 Å². The summed E-state index contributed by atoms with van der Waals surface area (Å²) in [5, 5.41) is 17.0. The third kappa shape index (κ3) is 3.20. The minimum atomic E-state index is -3.86. The molecule has 21 heavy (non-hydrogen) atoms. The smallest absolute Gasteiger partial charge is 0.285 e. The molecular weight excluding hydrogens is 320 g/mol. The van der Waals surface area contributed by atoms with Crippen LogP contribution in [0.5, 0.6) is 0 Å². The molecule has 8 nitrogen and oxygen atoms in total. The van der Waals surface area contributed by atoms with Crippen molar-refractivity contribution in [3.8, 4) is 0 Å². The Kier molecular flexibility index (Phi) is 4.26. The molecule has 0 amide bonds. The molecule has 0 bridgehead atoms. The lowest BCUT2D eigenvalue weighted by Crippen LogP contribution is -2.26. The van der Waals surface area contributed by atoms with Crippen LogP contribution in [0.2, 0.25) is 5.02 Å². The van der Waals surface area contributed by atoms with Gasteiger partial charge in [-0.05, 0) is 12.1 Å². The zero-order valence-electron chi connectivity index (χ0n) is 10.9. The van der Waals surface area contributed by atoms with Crippen LogP contribution in [0.3, 0.4) is 0 Å². The summed E-state index contributed by atoms with van der Waals surface area (Å²) in [4.78, 5) is 9.91. The number of nitro benzene ring substituents is 1. The van der Waals surface area contributed by atoms with E-state index in [1.807, 2.05) is 0 Å². The molecule has 0 atom stereocenters. The molecular formula is C11H11ClN4O4S. The maximum Gasteiger partial charge on any atom is 0.289 e. The van der Waals surface area contributed by atoms with Gasteiger partial charge < -0.3 is 0 Å². The van der Waals surface area contributed by atoms with Crippen molar-refractivity contribution in [2.24, 2.45) is 0 Å². The highest BCUT2D eigenvalue weighted by Crippen LogP contribution is 2.28. The van der Waals surface area contributed by atoms with Gasteiger partial charge in [0.1, 0.15) is 5.02 Å². The summed E-state index contributed by atoms with van der Waals surface area (Å²) < 4.78 is 25.8. The number of H-pyrrole nitrogens is 1. The minimum Gasteiger partial charge on any atom is -0.285 e. The molecule has 10 heteroatoms. The molecule has 0 aliphatic heterocycles. The van der Waals surface area contributed by atoms with Crippen molar-refractivity contribution in [1.82, 2.24) is 14.5 Å². The van der Waals surface area contributed by atoms with Gasteiger partial charge in [0, 0.05) is 31.4 Å². The van der Waals surface area contributed by atoms with Gasteiger partial charge in [-0.2, -0.15) is 9.40 Å². The third-order valence-electron chi connectivity index (χ3n) is 2.78. The van der Waals surface area contributed by atoms with Gasteiger partial charge in [-0.15, -0.1) is 0 Å². The monoisotopic (exact) mass is 330 g/mol. The van der Waals surface area contributed by atoms with Crippen LogP contribution < -0.4 is 0 Å². The van der Waals surface area contributed by atoms with Crippen LogP contribution >= 0.6 is 11.6 Å². The van der Waals surface area contributed by atoms with E-state index in [-0.39, 0.29) is 16.5 Å². The molecule has 112 valence electrons. The SMILES string of the molecule is CN(Cc1cn[nH]c1)S(=O)(=O)c1ccc(Cl)c([N+](=O)[O-])c1. The predicted molar refractivity (Wildman–Crippen MR) is 75.3 cm³/mol. The number of hydrogen-bond donors (Lipinski definition) is 1. The molecule has 1 N–H and O–H groups in total. The van der Waals surface area contributed by atoms with Crippen LogP contribution in [0, 0.1) is 10.1 Å². The number of sulfonamides is 1. The summed E-state index contributed by atoms with van der Waals surface area (Å²) in [6, 6.07) is 3.37. The molecule has 0 radical (unpaired) electrons. The van der Waals surface area contributed by atoms with E-state index in [4.69, 9.17) is 11.6 Å². The Balaban J connectivity index is 2.35. The van der Waals surface area contributed by atoms with Crippen LogP contribution in [0.4, 0.5) is 5.69 Å². The van der Waals surface area contributed by atoms with Crippen LogP contribution in [0.25, 0.3) is 0 Å². The number of nitro groups is 1. The van der Waals surface area contributed by atoms with E-state index in [1.54, 1.807) is 6.20 Å². The Hall–Kier alpha value is -1.97. The number of aromatic nitrogens is 2. The first-order valence-corrected chi connectivity index (χ1v) is 7.52. The lowest BCUT2D eigenvalue weighted by Gasteiger charge is -2.16. The van der Waals surface area contributed by atoms with E-state index >= 15 is 0 Å². The van der Waals surface area contributed by atoms with E-state index in [0.29, 0.717) is 5.56 Å². The summed E-state index contributed by atoms with van der Waals surface area (Å²) in [6.45, 7) is 0.0925. The van der Waals surface area contributed by atoms with Gasteiger partial charge in [0.25, 0.3) is 5.69 Å². The molecule has 2 aromatic rings. The topological polar surface area (TPSA) is 109 Å². The third-order valence-corrected chi connectivity index (χ3v) is 4.90. The predicted octanol–water partition coefficient (Wildman–Crippen LogP) is 1.79. The zero-order chi connectivity index (χ0) is 15.6. The number of benzene rings is 1. The van der Waals surface area contributed by atoms with Crippen LogP contribution in [-0.4, -0.2) is 34.9 Å². The normalized spacial score (nSPS) is 11.8. The molecule has 0 aliphatic rings. The summed E-state index contributed by atoms with van der Waals surface area (Å²) in [6.07, 6.45) is 3.06. The van der Waals surface area contributed by atoms with Crippen molar-refractivity contribution in [2.45, 2.75) is 11.4 Å². The first kappa shape index (κ1) is 15.4. The first-order valence-electron chi connectivity index (χ1n) is 5.70. The van der Waals surface area contributed by atoms with Gasteiger partial charge in [0.05, 0.1) is 16.0 Å². The largest absolute Gasteiger partial charge is 0.289 e. The second-order valence-electron chi connectivity index (χ2n) is 4.24. The van der Waals surface area contributed by atoms with Crippen LogP contribution in [-0.2, 0) is 16.6 Å². The molecule has 1 aromatic carbocycles. The van der Waals surface area contributed by atoms with Crippen molar-refractivity contribution < 1.29 is 13.3 Å². The van der Waals surface area contributed by atoms with E-state index in [9.17, 15) is 18.5 Å². The fourth-order valence-electron chi connectivity index (χ4n) is 1.68. The average molecular weight is 331 g/mol.